The first kappa shape index (κ1) is 14.0. The number of benzene rings is 2. The maximum atomic E-state index is 13.5. The zero-order valence-electron chi connectivity index (χ0n) is 10.7. The van der Waals surface area contributed by atoms with Crippen molar-refractivity contribution in [3.63, 3.8) is 0 Å². The van der Waals surface area contributed by atoms with Crippen molar-refractivity contribution in [2.24, 2.45) is 5.84 Å². The molecule has 0 atom stereocenters. The quantitative estimate of drug-likeness (QED) is 0.597. The van der Waals surface area contributed by atoms with Crippen molar-refractivity contribution in [2.75, 3.05) is 10.7 Å². The molecule has 0 heterocycles. The van der Waals surface area contributed by atoms with E-state index >= 15 is 0 Å². The highest BCUT2D eigenvalue weighted by atomic mass is 19.1. The SMILES string of the molecule is Cc1cc(F)cc(NC(=O)c2cccc(F)c2NN)c1. The number of carbonyl (C=O) groups excluding carboxylic acids is 1. The second-order valence-electron chi connectivity index (χ2n) is 4.28. The molecule has 0 unspecified atom stereocenters. The van der Waals surface area contributed by atoms with Crippen LogP contribution < -0.4 is 16.6 Å². The monoisotopic (exact) mass is 277 g/mol. The van der Waals surface area contributed by atoms with Crippen LogP contribution >= 0.6 is 0 Å². The lowest BCUT2D eigenvalue weighted by molar-refractivity contribution is 0.102. The highest BCUT2D eigenvalue weighted by molar-refractivity contribution is 6.08. The molecular formula is C14H13F2N3O. The summed E-state index contributed by atoms with van der Waals surface area (Å²) >= 11 is 0. The number of anilines is 2. The molecule has 0 bridgehead atoms. The fraction of sp³-hybridized carbons (Fsp3) is 0.0714. The van der Waals surface area contributed by atoms with E-state index in [2.05, 4.69) is 10.7 Å². The summed E-state index contributed by atoms with van der Waals surface area (Å²) in [6.07, 6.45) is 0. The Labute approximate surface area is 114 Å². The molecule has 0 spiro atoms. The van der Waals surface area contributed by atoms with Crippen molar-refractivity contribution in [3.8, 4) is 0 Å². The molecular weight excluding hydrogens is 264 g/mol. The first-order valence-electron chi connectivity index (χ1n) is 5.85. The van der Waals surface area contributed by atoms with Gasteiger partial charge in [-0.2, -0.15) is 0 Å². The van der Waals surface area contributed by atoms with Crippen molar-refractivity contribution < 1.29 is 13.6 Å². The number of nitrogens with two attached hydrogens (primary N) is 1. The second-order valence-corrected chi connectivity index (χ2v) is 4.28. The Hall–Kier alpha value is -2.47. The number of aryl methyl sites for hydroxylation is 1. The Morgan fingerprint density at radius 1 is 1.20 bits per heavy atom. The van der Waals surface area contributed by atoms with Gasteiger partial charge in [0.15, 0.2) is 0 Å². The molecule has 1 amide bonds. The van der Waals surface area contributed by atoms with Gasteiger partial charge in [-0.15, -0.1) is 0 Å². The van der Waals surface area contributed by atoms with E-state index in [4.69, 9.17) is 5.84 Å². The van der Waals surface area contributed by atoms with Gasteiger partial charge in [-0.3, -0.25) is 10.6 Å². The summed E-state index contributed by atoms with van der Waals surface area (Å²) in [6, 6.07) is 8.11. The molecule has 20 heavy (non-hydrogen) atoms. The molecule has 4 nitrogen and oxygen atoms in total. The summed E-state index contributed by atoms with van der Waals surface area (Å²) in [4.78, 5) is 12.1. The molecule has 0 aliphatic rings. The van der Waals surface area contributed by atoms with Crippen LogP contribution in [0.3, 0.4) is 0 Å². The van der Waals surface area contributed by atoms with Crippen molar-refractivity contribution in [1.82, 2.24) is 0 Å². The maximum Gasteiger partial charge on any atom is 0.257 e. The fourth-order valence-electron chi connectivity index (χ4n) is 1.87. The van der Waals surface area contributed by atoms with Gasteiger partial charge in [0, 0.05) is 5.69 Å². The minimum atomic E-state index is -0.643. The molecule has 2 aromatic rings. The Morgan fingerprint density at radius 3 is 2.60 bits per heavy atom. The minimum Gasteiger partial charge on any atom is -0.322 e. The van der Waals surface area contributed by atoms with Crippen LogP contribution in [0.15, 0.2) is 36.4 Å². The molecule has 0 fully saturated rings. The largest absolute Gasteiger partial charge is 0.322 e. The number of para-hydroxylation sites is 1. The Morgan fingerprint density at radius 2 is 1.95 bits per heavy atom. The van der Waals surface area contributed by atoms with Gasteiger partial charge in [0.1, 0.15) is 11.6 Å². The van der Waals surface area contributed by atoms with Crippen molar-refractivity contribution in [3.05, 3.63) is 59.2 Å². The number of hydrogen-bond donors (Lipinski definition) is 3. The van der Waals surface area contributed by atoms with E-state index in [0.717, 1.165) is 0 Å². The van der Waals surface area contributed by atoms with Gasteiger partial charge in [-0.05, 0) is 42.8 Å². The topological polar surface area (TPSA) is 67.2 Å². The van der Waals surface area contributed by atoms with E-state index in [1.54, 1.807) is 13.0 Å². The van der Waals surface area contributed by atoms with E-state index in [-0.39, 0.29) is 11.3 Å². The number of rotatable bonds is 3. The summed E-state index contributed by atoms with van der Waals surface area (Å²) in [5.41, 5.74) is 3.02. The maximum absolute atomic E-state index is 13.5. The van der Waals surface area contributed by atoms with E-state index in [1.165, 1.54) is 30.3 Å². The molecule has 0 aromatic heterocycles. The average Bonchev–Trinajstić information content (AvgIpc) is 2.37. The van der Waals surface area contributed by atoms with Crippen LogP contribution in [-0.2, 0) is 0 Å². The molecule has 0 saturated carbocycles. The van der Waals surface area contributed by atoms with E-state index in [9.17, 15) is 13.6 Å². The van der Waals surface area contributed by atoms with Crippen molar-refractivity contribution >= 4 is 17.3 Å². The Kier molecular flexibility index (Phi) is 3.95. The number of carbonyl (C=O) groups is 1. The molecule has 4 N–H and O–H groups in total. The number of halogens is 2. The normalized spacial score (nSPS) is 10.2. The zero-order chi connectivity index (χ0) is 14.7. The van der Waals surface area contributed by atoms with Gasteiger partial charge in [0.25, 0.3) is 5.91 Å². The molecule has 0 aliphatic heterocycles. The van der Waals surface area contributed by atoms with Crippen LogP contribution in [0.5, 0.6) is 0 Å². The molecule has 0 aliphatic carbocycles. The van der Waals surface area contributed by atoms with Gasteiger partial charge in [-0.1, -0.05) is 6.07 Å². The minimum absolute atomic E-state index is 0.0365. The lowest BCUT2D eigenvalue weighted by Gasteiger charge is -2.11. The summed E-state index contributed by atoms with van der Waals surface area (Å²) in [7, 11) is 0. The molecule has 2 aromatic carbocycles. The number of nitrogens with one attached hydrogen (secondary N) is 2. The van der Waals surface area contributed by atoms with Crippen LogP contribution in [0.2, 0.25) is 0 Å². The lowest BCUT2D eigenvalue weighted by Crippen LogP contribution is -2.18. The third kappa shape index (κ3) is 2.92. The van der Waals surface area contributed by atoms with Crippen LogP contribution in [0.4, 0.5) is 20.2 Å². The number of hydrazine groups is 1. The smallest absolute Gasteiger partial charge is 0.257 e. The number of amides is 1. The fourth-order valence-corrected chi connectivity index (χ4v) is 1.87. The standard InChI is InChI=1S/C14H13F2N3O/c1-8-5-9(15)7-10(6-8)18-14(20)11-3-2-4-12(16)13(11)19-17/h2-7,19H,17H2,1H3,(H,18,20). The predicted molar refractivity (Wildman–Crippen MR) is 73.3 cm³/mol. The van der Waals surface area contributed by atoms with E-state index in [0.29, 0.717) is 11.3 Å². The summed E-state index contributed by atoms with van der Waals surface area (Å²) < 4.78 is 26.7. The third-order valence-electron chi connectivity index (χ3n) is 2.70. The van der Waals surface area contributed by atoms with Gasteiger partial charge in [0.2, 0.25) is 0 Å². The van der Waals surface area contributed by atoms with Crippen molar-refractivity contribution in [1.29, 1.82) is 0 Å². The average molecular weight is 277 g/mol. The summed E-state index contributed by atoms with van der Waals surface area (Å²) in [5.74, 6) is 3.52. The van der Waals surface area contributed by atoms with Gasteiger partial charge < -0.3 is 10.7 Å². The molecule has 104 valence electrons. The first-order chi connectivity index (χ1) is 9.51. The van der Waals surface area contributed by atoms with Crippen LogP contribution in [0.25, 0.3) is 0 Å². The Balaban J connectivity index is 2.31. The van der Waals surface area contributed by atoms with Crippen LogP contribution in [0, 0.1) is 18.6 Å². The zero-order valence-corrected chi connectivity index (χ0v) is 10.7. The summed E-state index contributed by atoms with van der Waals surface area (Å²) in [5, 5.41) is 2.50. The number of nitrogen functional groups attached to an aromatic ring is 1. The molecule has 2 rings (SSSR count). The van der Waals surface area contributed by atoms with Crippen molar-refractivity contribution in [2.45, 2.75) is 6.92 Å². The number of hydrogen-bond acceptors (Lipinski definition) is 3. The van der Waals surface area contributed by atoms with Gasteiger partial charge >= 0.3 is 0 Å². The third-order valence-corrected chi connectivity index (χ3v) is 2.70. The molecule has 0 radical (unpaired) electrons. The second kappa shape index (κ2) is 5.66. The van der Waals surface area contributed by atoms with Crippen LogP contribution in [0.1, 0.15) is 15.9 Å². The summed E-state index contributed by atoms with van der Waals surface area (Å²) in [6.45, 7) is 1.70. The molecule has 0 saturated heterocycles. The Bertz CT molecular complexity index is 639. The van der Waals surface area contributed by atoms with Gasteiger partial charge in [-0.25, -0.2) is 8.78 Å². The van der Waals surface area contributed by atoms with E-state index in [1.807, 2.05) is 0 Å². The highest BCUT2D eigenvalue weighted by Gasteiger charge is 2.14. The lowest BCUT2D eigenvalue weighted by atomic mass is 10.1. The van der Waals surface area contributed by atoms with Gasteiger partial charge in [0.05, 0.1) is 11.3 Å². The molecule has 6 heteroatoms. The first-order valence-corrected chi connectivity index (χ1v) is 5.85. The predicted octanol–water partition coefficient (Wildman–Crippen LogP) is 2.81. The highest BCUT2D eigenvalue weighted by Crippen LogP contribution is 2.21. The van der Waals surface area contributed by atoms with Crippen LogP contribution in [-0.4, -0.2) is 5.91 Å². The van der Waals surface area contributed by atoms with E-state index < -0.39 is 17.5 Å².